The second kappa shape index (κ2) is 7.98. The smallest absolute Gasteiger partial charge is 0.163 e. The van der Waals surface area contributed by atoms with E-state index in [-0.39, 0.29) is 0 Å². The number of nitrogens with zero attached hydrogens (tertiary/aromatic N) is 4. The van der Waals surface area contributed by atoms with E-state index in [1.807, 2.05) is 18.2 Å². The third-order valence-corrected chi connectivity index (χ3v) is 5.22. The van der Waals surface area contributed by atoms with Gasteiger partial charge in [-0.25, -0.2) is 9.97 Å². The number of likely N-dealkylation sites (N-methyl/N-ethyl adjacent to an activating group) is 1. The predicted molar refractivity (Wildman–Crippen MR) is 116 cm³/mol. The number of aromatic nitrogens is 2. The van der Waals surface area contributed by atoms with Crippen LogP contribution in [-0.2, 0) is 0 Å². The van der Waals surface area contributed by atoms with E-state index in [1.165, 1.54) is 11.1 Å². The number of nitrogens with one attached hydrogen (secondary N) is 1. The van der Waals surface area contributed by atoms with Crippen LogP contribution >= 0.6 is 0 Å². The van der Waals surface area contributed by atoms with Crippen molar-refractivity contribution in [2.45, 2.75) is 13.8 Å². The first kappa shape index (κ1) is 18.4. The lowest BCUT2D eigenvalue weighted by molar-refractivity contribution is 0.312. The average Bonchev–Trinajstić information content (AvgIpc) is 2.71. The molecule has 2 aromatic carbocycles. The number of piperazine rings is 1. The maximum absolute atomic E-state index is 4.89. The fourth-order valence-corrected chi connectivity index (χ4v) is 3.50. The molecule has 1 aliphatic rings. The zero-order chi connectivity index (χ0) is 19.5. The molecule has 0 atom stereocenters. The molecule has 1 aliphatic heterocycles. The molecule has 0 amide bonds. The zero-order valence-electron chi connectivity index (χ0n) is 16.8. The van der Waals surface area contributed by atoms with Gasteiger partial charge in [0.25, 0.3) is 0 Å². The van der Waals surface area contributed by atoms with E-state index < -0.39 is 0 Å². The van der Waals surface area contributed by atoms with Crippen LogP contribution in [0, 0.1) is 13.8 Å². The zero-order valence-corrected chi connectivity index (χ0v) is 16.8. The molecule has 0 radical (unpaired) electrons. The van der Waals surface area contributed by atoms with Gasteiger partial charge in [0.1, 0.15) is 11.6 Å². The Morgan fingerprint density at radius 2 is 1.61 bits per heavy atom. The Labute approximate surface area is 167 Å². The molecular weight excluding hydrogens is 346 g/mol. The van der Waals surface area contributed by atoms with Gasteiger partial charge in [-0.2, -0.15) is 0 Å². The molecule has 1 fully saturated rings. The number of hydrogen-bond acceptors (Lipinski definition) is 5. The molecular formula is C23H27N5. The Bertz CT molecular complexity index is 946. The van der Waals surface area contributed by atoms with Crippen molar-refractivity contribution < 1.29 is 0 Å². The van der Waals surface area contributed by atoms with E-state index in [1.54, 1.807) is 0 Å². The van der Waals surface area contributed by atoms with Crippen molar-refractivity contribution in [3.8, 4) is 11.4 Å². The molecule has 0 spiro atoms. The first-order chi connectivity index (χ1) is 13.6. The van der Waals surface area contributed by atoms with E-state index in [0.717, 1.165) is 54.9 Å². The Hall–Kier alpha value is -2.92. The Morgan fingerprint density at radius 1 is 0.857 bits per heavy atom. The minimum atomic E-state index is 0.754. The highest BCUT2D eigenvalue weighted by atomic mass is 15.3. The SMILES string of the molecule is Cc1ccc(Nc2cc(N3CCN(C)CC3)nc(-c3ccccc3)n2)c(C)c1. The molecule has 5 heteroatoms. The molecule has 144 valence electrons. The molecule has 0 bridgehead atoms. The van der Waals surface area contributed by atoms with Crippen molar-refractivity contribution >= 4 is 17.3 Å². The van der Waals surface area contributed by atoms with Gasteiger partial charge in [0.2, 0.25) is 0 Å². The summed E-state index contributed by atoms with van der Waals surface area (Å²) >= 11 is 0. The number of benzene rings is 2. The van der Waals surface area contributed by atoms with Crippen molar-refractivity contribution in [1.82, 2.24) is 14.9 Å². The van der Waals surface area contributed by atoms with E-state index in [9.17, 15) is 0 Å². The Balaban J connectivity index is 1.71. The lowest BCUT2D eigenvalue weighted by Gasteiger charge is -2.33. The minimum Gasteiger partial charge on any atom is -0.354 e. The van der Waals surface area contributed by atoms with Crippen LogP contribution in [0.15, 0.2) is 54.6 Å². The largest absolute Gasteiger partial charge is 0.354 e. The topological polar surface area (TPSA) is 44.3 Å². The monoisotopic (exact) mass is 373 g/mol. The van der Waals surface area contributed by atoms with Crippen molar-refractivity contribution in [2.75, 3.05) is 43.4 Å². The van der Waals surface area contributed by atoms with Gasteiger partial charge in [0, 0.05) is 43.5 Å². The second-order valence-electron chi connectivity index (χ2n) is 7.53. The van der Waals surface area contributed by atoms with Gasteiger partial charge in [0.15, 0.2) is 5.82 Å². The molecule has 5 nitrogen and oxygen atoms in total. The van der Waals surface area contributed by atoms with Crippen LogP contribution in [0.3, 0.4) is 0 Å². The van der Waals surface area contributed by atoms with Gasteiger partial charge in [-0.05, 0) is 32.5 Å². The van der Waals surface area contributed by atoms with Gasteiger partial charge >= 0.3 is 0 Å². The van der Waals surface area contributed by atoms with Crippen molar-refractivity contribution in [1.29, 1.82) is 0 Å². The first-order valence-corrected chi connectivity index (χ1v) is 9.81. The Morgan fingerprint density at radius 3 is 2.32 bits per heavy atom. The quantitative estimate of drug-likeness (QED) is 0.740. The van der Waals surface area contributed by atoms with E-state index in [0.29, 0.717) is 0 Å². The lowest BCUT2D eigenvalue weighted by Crippen LogP contribution is -2.44. The molecule has 2 heterocycles. The summed E-state index contributed by atoms with van der Waals surface area (Å²) in [7, 11) is 2.17. The molecule has 4 rings (SSSR count). The van der Waals surface area contributed by atoms with Gasteiger partial charge in [0.05, 0.1) is 0 Å². The fourth-order valence-electron chi connectivity index (χ4n) is 3.50. The predicted octanol–water partition coefficient (Wildman–Crippen LogP) is 4.26. The highest BCUT2D eigenvalue weighted by Gasteiger charge is 2.18. The molecule has 1 aromatic heterocycles. The van der Waals surface area contributed by atoms with Crippen LogP contribution in [0.2, 0.25) is 0 Å². The second-order valence-corrected chi connectivity index (χ2v) is 7.53. The van der Waals surface area contributed by atoms with Crippen LogP contribution < -0.4 is 10.2 Å². The van der Waals surface area contributed by atoms with Gasteiger partial charge in [-0.3, -0.25) is 0 Å². The van der Waals surface area contributed by atoms with Crippen molar-refractivity contribution in [3.05, 3.63) is 65.7 Å². The molecule has 0 unspecified atom stereocenters. The molecule has 1 saturated heterocycles. The van der Waals surface area contributed by atoms with Crippen LogP contribution in [0.25, 0.3) is 11.4 Å². The summed E-state index contributed by atoms with van der Waals surface area (Å²) in [5.74, 6) is 2.56. The van der Waals surface area contributed by atoms with E-state index >= 15 is 0 Å². The summed E-state index contributed by atoms with van der Waals surface area (Å²) in [5.41, 5.74) is 4.57. The standard InChI is InChI=1S/C23H27N5/c1-17-9-10-20(18(2)15-17)24-21-16-22(28-13-11-27(3)12-14-28)26-23(25-21)19-7-5-4-6-8-19/h4-10,15-16H,11-14H2,1-3H3,(H,24,25,26). The molecule has 0 aliphatic carbocycles. The van der Waals surface area contributed by atoms with Gasteiger partial charge in [-0.1, -0.05) is 48.0 Å². The van der Waals surface area contributed by atoms with Gasteiger partial charge in [-0.15, -0.1) is 0 Å². The minimum absolute atomic E-state index is 0.754. The summed E-state index contributed by atoms with van der Waals surface area (Å²) in [6.07, 6.45) is 0. The number of anilines is 3. The van der Waals surface area contributed by atoms with Crippen LogP contribution in [0.4, 0.5) is 17.3 Å². The molecule has 3 aromatic rings. The molecule has 28 heavy (non-hydrogen) atoms. The summed E-state index contributed by atoms with van der Waals surface area (Å²) in [6, 6.07) is 18.7. The van der Waals surface area contributed by atoms with Gasteiger partial charge < -0.3 is 15.1 Å². The highest BCUT2D eigenvalue weighted by molar-refractivity contribution is 5.67. The fraction of sp³-hybridized carbons (Fsp3) is 0.304. The third kappa shape index (κ3) is 4.15. The first-order valence-electron chi connectivity index (χ1n) is 9.81. The summed E-state index contributed by atoms with van der Waals surface area (Å²) in [5, 5.41) is 3.51. The number of rotatable bonds is 4. The molecule has 1 N–H and O–H groups in total. The van der Waals surface area contributed by atoms with E-state index in [2.05, 4.69) is 72.4 Å². The number of hydrogen-bond donors (Lipinski definition) is 1. The maximum Gasteiger partial charge on any atom is 0.163 e. The van der Waals surface area contributed by atoms with Crippen LogP contribution in [-0.4, -0.2) is 48.1 Å². The van der Waals surface area contributed by atoms with Crippen molar-refractivity contribution in [3.63, 3.8) is 0 Å². The number of aryl methyl sites for hydroxylation is 2. The molecule has 0 saturated carbocycles. The summed E-state index contributed by atoms with van der Waals surface area (Å²) in [6.45, 7) is 8.28. The van der Waals surface area contributed by atoms with Crippen molar-refractivity contribution in [2.24, 2.45) is 0 Å². The summed E-state index contributed by atoms with van der Waals surface area (Å²) < 4.78 is 0. The Kier molecular flexibility index (Phi) is 5.26. The normalized spacial score (nSPS) is 14.9. The summed E-state index contributed by atoms with van der Waals surface area (Å²) in [4.78, 5) is 14.4. The average molecular weight is 374 g/mol. The third-order valence-electron chi connectivity index (χ3n) is 5.22. The van der Waals surface area contributed by atoms with Crippen LogP contribution in [0.1, 0.15) is 11.1 Å². The van der Waals surface area contributed by atoms with E-state index in [4.69, 9.17) is 9.97 Å². The highest BCUT2D eigenvalue weighted by Crippen LogP contribution is 2.26. The van der Waals surface area contributed by atoms with Crippen LogP contribution in [0.5, 0.6) is 0 Å². The lowest BCUT2D eigenvalue weighted by atomic mass is 10.1. The maximum atomic E-state index is 4.89.